The second-order valence-electron chi connectivity index (χ2n) is 3.27. The summed E-state index contributed by atoms with van der Waals surface area (Å²) in [5.41, 5.74) is 0.119. The van der Waals surface area contributed by atoms with Crippen molar-refractivity contribution in [1.82, 2.24) is 9.97 Å². The fourth-order valence-corrected chi connectivity index (χ4v) is 1.37. The topological polar surface area (TPSA) is 52.1 Å². The highest BCUT2D eigenvalue weighted by atomic mass is 19.1. The van der Waals surface area contributed by atoms with Crippen molar-refractivity contribution in [3.05, 3.63) is 53.9 Å². The van der Waals surface area contributed by atoms with E-state index in [4.69, 9.17) is 4.74 Å². The molecule has 0 aliphatic rings. The van der Waals surface area contributed by atoms with Gasteiger partial charge in [0.05, 0.1) is 12.7 Å². The minimum absolute atomic E-state index is 0.0375. The van der Waals surface area contributed by atoms with Crippen LogP contribution in [0.2, 0.25) is 0 Å². The zero-order chi connectivity index (χ0) is 12.3. The number of aromatic nitrogens is 2. The molecule has 17 heavy (non-hydrogen) atoms. The van der Waals surface area contributed by atoms with E-state index in [0.717, 1.165) is 6.07 Å². The third-order valence-electron chi connectivity index (χ3n) is 2.24. The maximum absolute atomic E-state index is 13.6. The van der Waals surface area contributed by atoms with Crippen molar-refractivity contribution in [2.45, 2.75) is 0 Å². The maximum atomic E-state index is 13.6. The van der Waals surface area contributed by atoms with Crippen LogP contribution in [-0.2, 0) is 0 Å². The van der Waals surface area contributed by atoms with E-state index >= 15 is 0 Å². The highest BCUT2D eigenvalue weighted by Gasteiger charge is 2.15. The lowest BCUT2D eigenvalue weighted by molar-refractivity contribution is 0.103. The molecule has 0 aliphatic heterocycles. The number of rotatable bonds is 3. The van der Waals surface area contributed by atoms with Crippen molar-refractivity contribution < 1.29 is 13.9 Å². The van der Waals surface area contributed by atoms with Gasteiger partial charge in [-0.05, 0) is 18.2 Å². The molecule has 1 heterocycles. The molecule has 2 rings (SSSR count). The number of methoxy groups -OCH3 is 1. The molecule has 5 heteroatoms. The summed E-state index contributed by atoms with van der Waals surface area (Å²) < 4.78 is 18.5. The lowest BCUT2D eigenvalue weighted by atomic mass is 10.1. The second kappa shape index (κ2) is 4.69. The number of nitrogens with zero attached hydrogens (tertiary/aromatic N) is 2. The zero-order valence-corrected chi connectivity index (χ0v) is 9.05. The van der Waals surface area contributed by atoms with Crippen LogP contribution in [0.1, 0.15) is 16.1 Å². The van der Waals surface area contributed by atoms with Gasteiger partial charge in [0.1, 0.15) is 23.6 Å². The Morgan fingerprint density at radius 1 is 1.35 bits per heavy atom. The van der Waals surface area contributed by atoms with Gasteiger partial charge in [-0.15, -0.1) is 0 Å². The molecule has 2 aromatic rings. The van der Waals surface area contributed by atoms with E-state index in [2.05, 4.69) is 9.97 Å². The summed E-state index contributed by atoms with van der Waals surface area (Å²) in [6, 6.07) is 5.50. The summed E-state index contributed by atoms with van der Waals surface area (Å²) in [5, 5.41) is 0. The molecule has 4 nitrogen and oxygen atoms in total. The lowest BCUT2D eigenvalue weighted by Crippen LogP contribution is -2.06. The molecule has 0 saturated carbocycles. The quantitative estimate of drug-likeness (QED) is 0.758. The molecule has 0 atom stereocenters. The molecule has 0 aliphatic carbocycles. The Bertz CT molecular complexity index is 543. The summed E-state index contributed by atoms with van der Waals surface area (Å²) in [7, 11) is 1.43. The van der Waals surface area contributed by atoms with Crippen molar-refractivity contribution in [1.29, 1.82) is 0 Å². The van der Waals surface area contributed by atoms with E-state index < -0.39 is 11.6 Å². The second-order valence-corrected chi connectivity index (χ2v) is 3.27. The summed E-state index contributed by atoms with van der Waals surface area (Å²) in [6.45, 7) is 0. The first-order valence-corrected chi connectivity index (χ1v) is 4.86. The normalized spacial score (nSPS) is 10.0. The van der Waals surface area contributed by atoms with Gasteiger partial charge in [0.15, 0.2) is 0 Å². The Morgan fingerprint density at radius 3 is 2.76 bits per heavy atom. The van der Waals surface area contributed by atoms with E-state index in [1.807, 2.05) is 0 Å². The number of carbonyl (C=O) groups excluding carboxylic acids is 1. The number of ketones is 1. The third kappa shape index (κ3) is 2.28. The molecular weight excluding hydrogens is 223 g/mol. The van der Waals surface area contributed by atoms with Crippen molar-refractivity contribution in [3.63, 3.8) is 0 Å². The van der Waals surface area contributed by atoms with Gasteiger partial charge in [-0.1, -0.05) is 0 Å². The fourth-order valence-electron chi connectivity index (χ4n) is 1.37. The van der Waals surface area contributed by atoms with E-state index in [9.17, 15) is 9.18 Å². The molecule has 86 valence electrons. The first kappa shape index (κ1) is 11.2. The molecule has 0 fully saturated rings. The molecule has 1 aromatic carbocycles. The largest absolute Gasteiger partial charge is 0.497 e. The number of hydrogen-bond acceptors (Lipinski definition) is 4. The van der Waals surface area contributed by atoms with Gasteiger partial charge in [0.25, 0.3) is 0 Å². The van der Waals surface area contributed by atoms with Crippen LogP contribution in [0.25, 0.3) is 0 Å². The van der Waals surface area contributed by atoms with Crippen LogP contribution in [0.4, 0.5) is 4.39 Å². The summed E-state index contributed by atoms with van der Waals surface area (Å²) >= 11 is 0. The van der Waals surface area contributed by atoms with E-state index in [0.29, 0.717) is 5.75 Å². The van der Waals surface area contributed by atoms with E-state index in [-0.39, 0.29) is 11.3 Å². The van der Waals surface area contributed by atoms with Crippen LogP contribution in [0.3, 0.4) is 0 Å². The monoisotopic (exact) mass is 232 g/mol. The molecular formula is C12H9FN2O2. The lowest BCUT2D eigenvalue weighted by Gasteiger charge is -2.04. The number of hydrogen-bond donors (Lipinski definition) is 0. The average Bonchev–Trinajstić information content (AvgIpc) is 2.39. The van der Waals surface area contributed by atoms with Crippen molar-refractivity contribution in [2.24, 2.45) is 0 Å². The predicted octanol–water partition coefficient (Wildman–Crippen LogP) is 1.86. The van der Waals surface area contributed by atoms with Gasteiger partial charge in [-0.25, -0.2) is 14.4 Å². The summed E-state index contributed by atoms with van der Waals surface area (Å²) in [5.74, 6) is -0.748. The molecule has 0 unspecified atom stereocenters. The first-order chi connectivity index (χ1) is 8.22. The molecule has 0 N–H and O–H groups in total. The number of carbonyl (C=O) groups is 1. The average molecular weight is 232 g/mol. The van der Waals surface area contributed by atoms with Gasteiger partial charge < -0.3 is 4.74 Å². The summed E-state index contributed by atoms with van der Waals surface area (Å²) in [6.07, 6.45) is 2.68. The highest BCUT2D eigenvalue weighted by molar-refractivity contribution is 6.07. The molecule has 0 saturated heterocycles. The van der Waals surface area contributed by atoms with Gasteiger partial charge in [0.2, 0.25) is 5.78 Å². The smallest absolute Gasteiger partial charge is 0.214 e. The Morgan fingerprint density at radius 2 is 2.18 bits per heavy atom. The first-order valence-electron chi connectivity index (χ1n) is 4.86. The Kier molecular flexibility index (Phi) is 3.09. The standard InChI is InChI=1S/C12H9FN2O2/c1-17-8-2-3-9(10(13)6-8)12(16)11-4-5-14-7-15-11/h2-7H,1H3. The molecule has 0 spiro atoms. The molecule has 0 amide bonds. The predicted molar refractivity (Wildman–Crippen MR) is 58.4 cm³/mol. The van der Waals surface area contributed by atoms with Crippen LogP contribution < -0.4 is 4.74 Å². The van der Waals surface area contributed by atoms with E-state index in [1.54, 1.807) is 0 Å². The van der Waals surface area contributed by atoms with Crippen LogP contribution in [-0.4, -0.2) is 22.9 Å². The zero-order valence-electron chi connectivity index (χ0n) is 9.05. The summed E-state index contributed by atoms with van der Waals surface area (Å²) in [4.78, 5) is 19.4. The van der Waals surface area contributed by atoms with Crippen LogP contribution in [0.5, 0.6) is 5.75 Å². The van der Waals surface area contributed by atoms with Crippen LogP contribution in [0, 0.1) is 5.82 Å². The van der Waals surface area contributed by atoms with Gasteiger partial charge in [-0.2, -0.15) is 0 Å². The minimum Gasteiger partial charge on any atom is -0.497 e. The van der Waals surface area contributed by atoms with Crippen LogP contribution >= 0.6 is 0 Å². The van der Waals surface area contributed by atoms with Crippen LogP contribution in [0.15, 0.2) is 36.8 Å². The number of benzene rings is 1. The SMILES string of the molecule is COc1ccc(C(=O)c2ccncn2)c(F)c1. The van der Waals surface area contributed by atoms with E-state index in [1.165, 1.54) is 37.8 Å². The maximum Gasteiger partial charge on any atom is 0.214 e. The molecule has 0 bridgehead atoms. The van der Waals surface area contributed by atoms with Gasteiger partial charge in [-0.3, -0.25) is 4.79 Å². The van der Waals surface area contributed by atoms with Gasteiger partial charge in [0, 0.05) is 12.3 Å². The molecule has 0 radical (unpaired) electrons. The van der Waals surface area contributed by atoms with Crippen molar-refractivity contribution >= 4 is 5.78 Å². The Hall–Kier alpha value is -2.30. The number of ether oxygens (including phenoxy) is 1. The third-order valence-corrected chi connectivity index (χ3v) is 2.24. The fraction of sp³-hybridized carbons (Fsp3) is 0.0833. The minimum atomic E-state index is -0.632. The van der Waals surface area contributed by atoms with Gasteiger partial charge >= 0.3 is 0 Å². The Labute approximate surface area is 97.1 Å². The highest BCUT2D eigenvalue weighted by Crippen LogP contribution is 2.18. The van der Waals surface area contributed by atoms with Crippen molar-refractivity contribution in [2.75, 3.05) is 7.11 Å². The molecule has 1 aromatic heterocycles. The Balaban J connectivity index is 2.38. The van der Waals surface area contributed by atoms with Crippen molar-refractivity contribution in [3.8, 4) is 5.75 Å². The number of halogens is 1.